The van der Waals surface area contributed by atoms with Gasteiger partial charge in [0.2, 0.25) is 29.5 Å². The van der Waals surface area contributed by atoms with Crippen molar-refractivity contribution in [2.45, 2.75) is 58.7 Å². The second-order valence-electron chi connectivity index (χ2n) is 12.6. The second-order valence-corrected chi connectivity index (χ2v) is 12.6. The van der Waals surface area contributed by atoms with E-state index in [1.165, 1.54) is 7.05 Å². The Morgan fingerprint density at radius 2 is 1.26 bits per heavy atom. The Morgan fingerprint density at radius 3 is 1.92 bits per heavy atom. The average Bonchev–Trinajstić information content (AvgIpc) is 3.14. The predicted octanol–water partition coefficient (Wildman–Crippen LogP) is 1.68. The number of benzene rings is 2. The van der Waals surface area contributed by atoms with Crippen molar-refractivity contribution in [1.82, 2.24) is 21.3 Å². The van der Waals surface area contributed by atoms with Gasteiger partial charge in [-0.05, 0) is 36.6 Å². The number of carbonyl (C=O) groups is 5. The van der Waals surface area contributed by atoms with Crippen LogP contribution in [0.2, 0.25) is 0 Å². The molecule has 5 amide bonds. The van der Waals surface area contributed by atoms with Crippen molar-refractivity contribution in [1.29, 1.82) is 0 Å². The fourth-order valence-electron chi connectivity index (χ4n) is 5.21. The van der Waals surface area contributed by atoms with E-state index >= 15 is 0 Å². The Bertz CT molecular complexity index is 1570. The third kappa shape index (κ3) is 15.4. The molecule has 0 bridgehead atoms. The topological polar surface area (TPSA) is 174 Å². The van der Waals surface area contributed by atoms with E-state index in [0.717, 1.165) is 22.4 Å². The fraction of sp³-hybridized carbons (Fsp3) is 0.513. The van der Waals surface area contributed by atoms with E-state index in [4.69, 9.17) is 18.9 Å². The number of anilines is 1. The smallest absolute Gasteiger partial charge is 0.243 e. The summed E-state index contributed by atoms with van der Waals surface area (Å²) < 4.78 is 21.9. The molecular formula is C39H53N5O9. The van der Waals surface area contributed by atoms with Crippen molar-refractivity contribution in [3.05, 3.63) is 65.2 Å². The highest BCUT2D eigenvalue weighted by Gasteiger charge is 2.27. The first-order valence-corrected chi connectivity index (χ1v) is 18.0. The molecule has 1 aliphatic rings. The van der Waals surface area contributed by atoms with E-state index in [-0.39, 0.29) is 55.4 Å². The van der Waals surface area contributed by atoms with Crippen molar-refractivity contribution in [2.24, 2.45) is 5.92 Å². The molecule has 4 N–H and O–H groups in total. The van der Waals surface area contributed by atoms with E-state index in [9.17, 15) is 24.0 Å². The highest BCUT2D eigenvalue weighted by molar-refractivity contribution is 5.97. The molecule has 0 aliphatic carbocycles. The maximum absolute atomic E-state index is 13.3. The molecule has 1 heterocycles. The number of nitrogens with one attached hydrogen (secondary N) is 4. The summed E-state index contributed by atoms with van der Waals surface area (Å²) in [7, 11) is 1.49. The molecule has 288 valence electrons. The van der Waals surface area contributed by atoms with Crippen molar-refractivity contribution >= 4 is 35.2 Å². The van der Waals surface area contributed by atoms with Crippen LogP contribution in [-0.4, -0.2) is 108 Å². The quantitative estimate of drug-likeness (QED) is 0.0979. The van der Waals surface area contributed by atoms with Gasteiger partial charge >= 0.3 is 0 Å². The van der Waals surface area contributed by atoms with Crippen LogP contribution in [0, 0.1) is 17.8 Å². The molecule has 2 atom stereocenters. The molecule has 0 radical (unpaired) electrons. The standard InChI is InChI=1S/C39H53N5O9/c1-28(2)37(39(49)42-29(3)38(48)40-4)43-35(46)17-19-50-21-23-52-25-26-53-24-22-51-20-18-41-34(45)15-16-36(47)44-27-32-11-6-5-9-30(32)13-14-31-10-7-8-12-33(31)44/h5-12,28-29,37H,15-27H2,1-4H3,(H,40,48)(H,41,45)(H,42,49)(H,43,46)/t29-,37-/m0/s1. The van der Waals surface area contributed by atoms with Crippen molar-refractivity contribution in [2.75, 3.05) is 71.3 Å². The van der Waals surface area contributed by atoms with E-state index in [2.05, 4.69) is 33.1 Å². The molecular weight excluding hydrogens is 682 g/mol. The molecule has 14 heteroatoms. The first-order chi connectivity index (χ1) is 25.6. The van der Waals surface area contributed by atoms with Crippen molar-refractivity contribution in [3.8, 4) is 11.8 Å². The Morgan fingerprint density at radius 1 is 0.679 bits per heavy atom. The molecule has 0 unspecified atom stereocenters. The van der Waals surface area contributed by atoms with E-state index in [1.54, 1.807) is 11.8 Å². The summed E-state index contributed by atoms with van der Waals surface area (Å²) in [4.78, 5) is 63.9. The third-order valence-corrected chi connectivity index (χ3v) is 8.16. The van der Waals surface area contributed by atoms with Gasteiger partial charge in [-0.25, -0.2) is 0 Å². The van der Waals surface area contributed by atoms with Crippen LogP contribution in [-0.2, 0) is 49.5 Å². The van der Waals surface area contributed by atoms with Gasteiger partial charge in [0.1, 0.15) is 12.1 Å². The van der Waals surface area contributed by atoms with Gasteiger partial charge in [0.25, 0.3) is 0 Å². The van der Waals surface area contributed by atoms with Crippen molar-refractivity contribution < 1.29 is 42.9 Å². The number of ether oxygens (including phenoxy) is 4. The number of fused-ring (bicyclic) bond motifs is 2. The second kappa shape index (κ2) is 23.7. The average molecular weight is 736 g/mol. The SMILES string of the molecule is CNC(=O)[C@H](C)NC(=O)[C@@H](NC(=O)CCOCCOCCOCCOCCNC(=O)CCC(=O)N1Cc2ccccc2C#Cc2ccccc21)C(C)C. The van der Waals surface area contributed by atoms with Gasteiger partial charge < -0.3 is 45.1 Å². The molecule has 0 fully saturated rings. The predicted molar refractivity (Wildman–Crippen MR) is 199 cm³/mol. The number of amides is 5. The number of hydrogen-bond donors (Lipinski definition) is 4. The van der Waals surface area contributed by atoms with E-state index in [0.29, 0.717) is 59.3 Å². The van der Waals surface area contributed by atoms with Crippen molar-refractivity contribution in [3.63, 3.8) is 0 Å². The zero-order chi connectivity index (χ0) is 38.4. The number of rotatable bonds is 23. The number of nitrogens with zero attached hydrogens (tertiary/aromatic N) is 1. The van der Waals surface area contributed by atoms with Gasteiger partial charge in [-0.1, -0.05) is 56.0 Å². The summed E-state index contributed by atoms with van der Waals surface area (Å²) in [5.41, 5.74) is 3.35. The molecule has 3 rings (SSSR count). The van der Waals surface area contributed by atoms with E-state index < -0.39 is 18.0 Å². The first kappa shape index (κ1) is 42.6. The van der Waals surface area contributed by atoms with Gasteiger partial charge in [-0.3, -0.25) is 24.0 Å². The van der Waals surface area contributed by atoms with Crippen LogP contribution in [0.3, 0.4) is 0 Å². The molecule has 2 aromatic rings. The highest BCUT2D eigenvalue weighted by atomic mass is 16.6. The lowest BCUT2D eigenvalue weighted by molar-refractivity contribution is -0.133. The zero-order valence-corrected chi connectivity index (χ0v) is 31.2. The largest absolute Gasteiger partial charge is 0.379 e. The summed E-state index contributed by atoms with van der Waals surface area (Å²) in [5.74, 6) is 4.76. The molecule has 0 saturated carbocycles. The Hall–Kier alpha value is -4.81. The van der Waals surface area contributed by atoms with Crippen LogP contribution >= 0.6 is 0 Å². The minimum absolute atomic E-state index is 0.0645. The molecule has 53 heavy (non-hydrogen) atoms. The minimum Gasteiger partial charge on any atom is -0.379 e. The zero-order valence-electron chi connectivity index (χ0n) is 31.2. The maximum atomic E-state index is 13.3. The molecule has 0 aromatic heterocycles. The summed E-state index contributed by atoms with van der Waals surface area (Å²) in [6.07, 6.45) is 0.210. The molecule has 0 saturated heterocycles. The Balaban J connectivity index is 1.16. The number of para-hydroxylation sites is 1. The lowest BCUT2D eigenvalue weighted by Crippen LogP contribution is -2.54. The first-order valence-electron chi connectivity index (χ1n) is 18.0. The normalized spacial score (nSPS) is 12.9. The van der Waals surface area contributed by atoms with Gasteiger partial charge in [-0.15, -0.1) is 0 Å². The number of carbonyl (C=O) groups excluding carboxylic acids is 5. The van der Waals surface area contributed by atoms with Crippen LogP contribution in [0.25, 0.3) is 0 Å². The van der Waals surface area contributed by atoms with Crippen LogP contribution in [0.5, 0.6) is 0 Å². The van der Waals surface area contributed by atoms with Crippen LogP contribution in [0.15, 0.2) is 48.5 Å². The Labute approximate surface area is 312 Å². The monoisotopic (exact) mass is 735 g/mol. The lowest BCUT2D eigenvalue weighted by Gasteiger charge is -2.26. The Kier molecular flexibility index (Phi) is 19.0. The number of hydrogen-bond acceptors (Lipinski definition) is 9. The molecule has 1 aliphatic heterocycles. The van der Waals surface area contributed by atoms with E-state index in [1.807, 2.05) is 62.4 Å². The van der Waals surface area contributed by atoms with Crippen LogP contribution in [0.1, 0.15) is 56.7 Å². The van der Waals surface area contributed by atoms with Gasteiger partial charge in [0.05, 0.1) is 65.1 Å². The van der Waals surface area contributed by atoms with Gasteiger partial charge in [-0.2, -0.15) is 0 Å². The summed E-state index contributed by atoms with van der Waals surface area (Å²) in [6, 6.07) is 13.8. The summed E-state index contributed by atoms with van der Waals surface area (Å²) in [6.45, 7) is 8.44. The maximum Gasteiger partial charge on any atom is 0.243 e. The van der Waals surface area contributed by atoms with Crippen LogP contribution in [0.4, 0.5) is 5.69 Å². The summed E-state index contributed by atoms with van der Waals surface area (Å²) >= 11 is 0. The molecule has 0 spiro atoms. The minimum atomic E-state index is -0.770. The lowest BCUT2D eigenvalue weighted by atomic mass is 10.0. The van der Waals surface area contributed by atoms with Crippen LogP contribution < -0.4 is 26.2 Å². The summed E-state index contributed by atoms with van der Waals surface area (Å²) in [5, 5.41) is 10.6. The number of likely N-dealkylation sites (N-methyl/N-ethyl adjacent to an activating group) is 1. The van der Waals surface area contributed by atoms with Gasteiger partial charge in [0.15, 0.2) is 0 Å². The highest BCUT2D eigenvalue weighted by Crippen LogP contribution is 2.26. The van der Waals surface area contributed by atoms with Gasteiger partial charge in [0, 0.05) is 44.0 Å². The molecule has 2 aromatic carbocycles. The fourth-order valence-corrected chi connectivity index (χ4v) is 5.21. The third-order valence-electron chi connectivity index (χ3n) is 8.16. The molecule has 14 nitrogen and oxygen atoms in total.